The molecule has 1 saturated heterocycles. The van der Waals surface area contributed by atoms with Crippen LogP contribution in [0.15, 0.2) is 42.9 Å². The number of ether oxygens (including phenoxy) is 1. The number of fused-ring (bicyclic) bond motifs is 1. The zero-order valence-corrected chi connectivity index (χ0v) is 22.7. The molecule has 0 aliphatic carbocycles. The Morgan fingerprint density at radius 2 is 1.95 bits per heavy atom. The Labute approximate surface area is 230 Å². The fourth-order valence-corrected chi connectivity index (χ4v) is 5.40. The van der Waals surface area contributed by atoms with Crippen LogP contribution < -0.4 is 15.0 Å². The number of anilines is 1. The summed E-state index contributed by atoms with van der Waals surface area (Å²) in [5.41, 5.74) is 3.21. The average molecular weight is 552 g/mol. The second-order valence-electron chi connectivity index (χ2n) is 9.91. The number of H-pyrrole nitrogens is 1. The molecule has 3 N–H and O–H groups in total. The molecule has 0 unspecified atom stereocenters. The third-order valence-corrected chi connectivity index (χ3v) is 7.21. The van der Waals surface area contributed by atoms with E-state index < -0.39 is 12.2 Å². The lowest BCUT2D eigenvalue weighted by Gasteiger charge is -2.49. The molecule has 11 heteroatoms. The zero-order chi connectivity index (χ0) is 27.0. The van der Waals surface area contributed by atoms with Gasteiger partial charge in [-0.1, -0.05) is 23.2 Å². The van der Waals surface area contributed by atoms with E-state index in [1.165, 1.54) is 12.4 Å². The van der Waals surface area contributed by atoms with Gasteiger partial charge in [-0.15, -0.1) is 0 Å². The van der Waals surface area contributed by atoms with Gasteiger partial charge in [0.15, 0.2) is 0 Å². The first-order valence-electron chi connectivity index (χ1n) is 12.2. The fraction of sp³-hybridized carbons (Fsp3) is 0.333. The van der Waals surface area contributed by atoms with Gasteiger partial charge >= 0.3 is 0 Å². The van der Waals surface area contributed by atoms with Gasteiger partial charge in [0, 0.05) is 54.7 Å². The third-order valence-electron chi connectivity index (χ3n) is 6.61. The van der Waals surface area contributed by atoms with Crippen LogP contribution in [0.25, 0.3) is 22.2 Å². The first kappa shape index (κ1) is 26.2. The van der Waals surface area contributed by atoms with Gasteiger partial charge in [0.05, 0.1) is 32.8 Å². The van der Waals surface area contributed by atoms with Crippen molar-refractivity contribution in [2.45, 2.75) is 38.5 Å². The molecule has 0 bridgehead atoms. The summed E-state index contributed by atoms with van der Waals surface area (Å²) in [6.45, 7) is 7.62. The number of aliphatic hydroxyl groups is 1. The molecule has 0 radical (unpaired) electrons. The van der Waals surface area contributed by atoms with Crippen LogP contribution in [0.5, 0.6) is 5.75 Å². The number of nitrogens with zero attached hydrogens (tertiary/aromatic N) is 5. The SMILES string of the molecule is C[C@H](O)CNC1(C)CN(c2ncc(-c3n[nH]c4ccc(O[C@H](C)c5c(Cl)cncc5Cl)cc34)cc2C#N)C1. The number of pyridine rings is 2. The van der Waals surface area contributed by atoms with E-state index in [-0.39, 0.29) is 5.54 Å². The Morgan fingerprint density at radius 1 is 1.21 bits per heavy atom. The summed E-state index contributed by atoms with van der Waals surface area (Å²) in [7, 11) is 0. The van der Waals surface area contributed by atoms with Crippen LogP contribution in [0, 0.1) is 11.3 Å². The molecule has 1 aliphatic heterocycles. The van der Waals surface area contributed by atoms with Gasteiger partial charge in [0.25, 0.3) is 0 Å². The van der Waals surface area contributed by atoms with Crippen molar-refractivity contribution >= 4 is 39.9 Å². The summed E-state index contributed by atoms with van der Waals surface area (Å²) in [5, 5.41) is 32.1. The number of nitriles is 1. The Balaban J connectivity index is 1.39. The molecule has 4 aromatic rings. The van der Waals surface area contributed by atoms with E-state index in [1.54, 1.807) is 13.1 Å². The highest BCUT2D eigenvalue weighted by atomic mass is 35.5. The molecule has 0 amide bonds. The number of aromatic amines is 1. The first-order chi connectivity index (χ1) is 18.2. The smallest absolute Gasteiger partial charge is 0.146 e. The second-order valence-corrected chi connectivity index (χ2v) is 10.7. The molecular formula is C27H27Cl2N7O2. The topological polar surface area (TPSA) is 123 Å². The summed E-state index contributed by atoms with van der Waals surface area (Å²) in [4.78, 5) is 10.7. The van der Waals surface area contributed by atoms with Crippen molar-refractivity contribution in [3.8, 4) is 23.1 Å². The van der Waals surface area contributed by atoms with Gasteiger partial charge in [-0.25, -0.2) is 4.98 Å². The average Bonchev–Trinajstić information content (AvgIpc) is 3.28. The molecule has 5 rings (SSSR count). The number of β-amino-alcohol motifs (C(OH)–C–C–N with tert-alkyl or cyclic N) is 1. The van der Waals surface area contributed by atoms with E-state index in [9.17, 15) is 10.4 Å². The molecule has 0 spiro atoms. The highest BCUT2D eigenvalue weighted by Gasteiger charge is 2.40. The van der Waals surface area contributed by atoms with Crippen molar-refractivity contribution in [3.63, 3.8) is 0 Å². The summed E-state index contributed by atoms with van der Waals surface area (Å²) < 4.78 is 6.17. The number of aliphatic hydroxyl groups excluding tert-OH is 1. The van der Waals surface area contributed by atoms with Crippen LogP contribution in [0.4, 0.5) is 5.82 Å². The maximum Gasteiger partial charge on any atom is 0.146 e. The highest BCUT2D eigenvalue weighted by molar-refractivity contribution is 6.35. The van der Waals surface area contributed by atoms with Crippen LogP contribution in [0.1, 0.15) is 38.0 Å². The normalized spacial score (nSPS) is 16.1. The van der Waals surface area contributed by atoms with Crippen molar-refractivity contribution in [2.24, 2.45) is 0 Å². The summed E-state index contributed by atoms with van der Waals surface area (Å²) in [5.74, 6) is 1.25. The fourth-order valence-electron chi connectivity index (χ4n) is 4.73. The van der Waals surface area contributed by atoms with E-state index in [2.05, 4.69) is 43.4 Å². The van der Waals surface area contributed by atoms with E-state index in [4.69, 9.17) is 27.9 Å². The summed E-state index contributed by atoms with van der Waals surface area (Å²) >= 11 is 12.6. The molecule has 1 fully saturated rings. The van der Waals surface area contributed by atoms with E-state index in [0.717, 1.165) is 16.5 Å². The molecule has 1 aromatic carbocycles. The predicted molar refractivity (Wildman–Crippen MR) is 148 cm³/mol. The molecule has 196 valence electrons. The van der Waals surface area contributed by atoms with Crippen molar-refractivity contribution in [2.75, 3.05) is 24.5 Å². The molecular weight excluding hydrogens is 525 g/mol. The van der Waals surface area contributed by atoms with Crippen molar-refractivity contribution in [1.29, 1.82) is 5.26 Å². The first-order valence-corrected chi connectivity index (χ1v) is 13.0. The Hall–Kier alpha value is -3.42. The number of rotatable bonds is 8. The standard InChI is InChI=1S/C27H27Cl2N7O2/c1-15(37)9-33-27(3)13-36(14-27)26-17(8-30)6-18(10-32-26)25-20-7-19(4-5-23(20)34-35-25)38-16(2)24-21(28)11-31-12-22(24)29/h4-7,10-12,15-16,33,37H,9,13-14H2,1-3H3,(H,34,35)/t15-,16+/m0/s1. The number of benzene rings is 1. The largest absolute Gasteiger partial charge is 0.486 e. The number of halogens is 2. The van der Waals surface area contributed by atoms with E-state index in [1.807, 2.05) is 31.2 Å². The highest BCUT2D eigenvalue weighted by Crippen LogP contribution is 2.36. The van der Waals surface area contributed by atoms with E-state index in [0.29, 0.717) is 58.1 Å². The van der Waals surface area contributed by atoms with Crippen LogP contribution in [-0.2, 0) is 0 Å². The molecule has 4 heterocycles. The lowest BCUT2D eigenvalue weighted by atomic mass is 9.91. The van der Waals surface area contributed by atoms with Gasteiger partial charge in [0.1, 0.15) is 29.4 Å². The molecule has 0 saturated carbocycles. The lowest BCUT2D eigenvalue weighted by molar-refractivity contribution is 0.164. The molecule has 2 atom stereocenters. The van der Waals surface area contributed by atoms with Crippen LogP contribution in [-0.4, -0.2) is 56.5 Å². The lowest BCUT2D eigenvalue weighted by Crippen LogP contribution is -2.68. The minimum Gasteiger partial charge on any atom is -0.486 e. The summed E-state index contributed by atoms with van der Waals surface area (Å²) in [6.07, 6.45) is 3.98. The van der Waals surface area contributed by atoms with E-state index >= 15 is 0 Å². The minimum atomic E-state index is -0.419. The predicted octanol–water partition coefficient (Wildman–Crippen LogP) is 4.89. The van der Waals surface area contributed by atoms with Gasteiger partial charge in [-0.05, 0) is 45.0 Å². The monoisotopic (exact) mass is 551 g/mol. The molecule has 3 aromatic heterocycles. The van der Waals surface area contributed by atoms with Crippen molar-refractivity contribution < 1.29 is 9.84 Å². The number of nitrogens with one attached hydrogen (secondary N) is 2. The van der Waals surface area contributed by atoms with Crippen molar-refractivity contribution in [3.05, 3.63) is 64.0 Å². The maximum absolute atomic E-state index is 9.89. The second kappa shape index (κ2) is 10.4. The molecule has 9 nitrogen and oxygen atoms in total. The van der Waals surface area contributed by atoms with Gasteiger partial charge < -0.3 is 20.1 Å². The molecule has 38 heavy (non-hydrogen) atoms. The van der Waals surface area contributed by atoms with Gasteiger partial charge in [0.2, 0.25) is 0 Å². The third kappa shape index (κ3) is 5.13. The Kier molecular flexibility index (Phi) is 7.16. The minimum absolute atomic E-state index is 0.138. The summed E-state index contributed by atoms with van der Waals surface area (Å²) in [6, 6.07) is 9.71. The zero-order valence-electron chi connectivity index (χ0n) is 21.2. The van der Waals surface area contributed by atoms with Crippen LogP contribution >= 0.6 is 23.2 Å². The van der Waals surface area contributed by atoms with Crippen LogP contribution in [0.3, 0.4) is 0 Å². The Morgan fingerprint density at radius 3 is 2.63 bits per heavy atom. The van der Waals surface area contributed by atoms with Crippen molar-refractivity contribution in [1.82, 2.24) is 25.5 Å². The number of hydrogen-bond donors (Lipinski definition) is 3. The van der Waals surface area contributed by atoms with Crippen LogP contribution in [0.2, 0.25) is 10.0 Å². The van der Waals surface area contributed by atoms with Gasteiger partial charge in [-0.2, -0.15) is 10.4 Å². The molecule has 1 aliphatic rings. The quantitative estimate of drug-likeness (QED) is 0.283. The number of hydrogen-bond acceptors (Lipinski definition) is 8. The maximum atomic E-state index is 9.89. The van der Waals surface area contributed by atoms with Gasteiger partial charge in [-0.3, -0.25) is 10.1 Å². The Bertz CT molecular complexity index is 1510. The number of aromatic nitrogens is 4.